The number of nitrogens with zero attached hydrogens (tertiary/aromatic N) is 3. The first-order chi connectivity index (χ1) is 7.99. The summed E-state index contributed by atoms with van der Waals surface area (Å²) in [5, 5.41) is 4.09. The number of aromatic nitrogens is 2. The molecule has 94 valence electrons. The molecule has 1 aliphatic rings. The highest BCUT2D eigenvalue weighted by Gasteiger charge is 2.28. The van der Waals surface area contributed by atoms with Gasteiger partial charge in [-0.05, 0) is 34.2 Å². The number of carbonyl (C=O) groups is 1. The first kappa shape index (κ1) is 12.6. The number of likely N-dealkylation sites (tertiary alicyclic amines) is 1. The van der Waals surface area contributed by atoms with Crippen LogP contribution in [0.3, 0.4) is 0 Å². The zero-order valence-electron chi connectivity index (χ0n) is 10.5. The van der Waals surface area contributed by atoms with Crippen molar-refractivity contribution in [2.75, 3.05) is 13.1 Å². The fourth-order valence-electron chi connectivity index (χ4n) is 2.63. The zero-order chi connectivity index (χ0) is 12.6. The molecule has 1 amide bonds. The second kappa shape index (κ2) is 4.80. The Morgan fingerprint density at radius 1 is 1.41 bits per heavy atom. The normalized spacial score (nSPS) is 25.1. The van der Waals surface area contributed by atoms with E-state index in [4.69, 9.17) is 0 Å². The maximum absolute atomic E-state index is 12.4. The van der Waals surface area contributed by atoms with E-state index in [1.54, 1.807) is 17.9 Å². The van der Waals surface area contributed by atoms with E-state index in [-0.39, 0.29) is 5.91 Å². The number of amides is 1. The molecular formula is C12H18BrN3O. The summed E-state index contributed by atoms with van der Waals surface area (Å²) in [6.45, 7) is 6.10. The molecule has 0 bridgehead atoms. The van der Waals surface area contributed by atoms with Gasteiger partial charge in [0.05, 0.1) is 10.7 Å². The monoisotopic (exact) mass is 299 g/mol. The van der Waals surface area contributed by atoms with Crippen LogP contribution in [-0.4, -0.2) is 33.7 Å². The average molecular weight is 300 g/mol. The minimum atomic E-state index is 0.0790. The van der Waals surface area contributed by atoms with Crippen LogP contribution in [-0.2, 0) is 7.05 Å². The largest absolute Gasteiger partial charge is 0.337 e. The lowest BCUT2D eigenvalue weighted by molar-refractivity contribution is 0.0611. The molecule has 0 aliphatic carbocycles. The Labute approximate surface area is 110 Å². The molecule has 1 aromatic rings. The smallest absolute Gasteiger partial charge is 0.273 e. The van der Waals surface area contributed by atoms with Crippen LogP contribution in [0.5, 0.6) is 0 Å². The molecule has 1 aromatic heterocycles. The van der Waals surface area contributed by atoms with Crippen LogP contribution >= 0.6 is 15.9 Å². The molecular weight excluding hydrogens is 282 g/mol. The van der Waals surface area contributed by atoms with Crippen LogP contribution in [0.4, 0.5) is 0 Å². The van der Waals surface area contributed by atoms with Gasteiger partial charge in [-0.3, -0.25) is 9.48 Å². The number of halogens is 1. The van der Waals surface area contributed by atoms with Gasteiger partial charge in [0.2, 0.25) is 0 Å². The Hall–Kier alpha value is -0.840. The summed E-state index contributed by atoms with van der Waals surface area (Å²) < 4.78 is 2.41. The van der Waals surface area contributed by atoms with Gasteiger partial charge in [0.25, 0.3) is 5.91 Å². The van der Waals surface area contributed by atoms with E-state index in [1.807, 2.05) is 4.90 Å². The number of carbonyl (C=O) groups excluding carboxylic acids is 1. The van der Waals surface area contributed by atoms with Crippen molar-refractivity contribution in [1.82, 2.24) is 14.7 Å². The van der Waals surface area contributed by atoms with Crippen LogP contribution in [0.25, 0.3) is 0 Å². The van der Waals surface area contributed by atoms with E-state index in [9.17, 15) is 4.79 Å². The van der Waals surface area contributed by atoms with Gasteiger partial charge in [0.1, 0.15) is 5.69 Å². The van der Waals surface area contributed by atoms with Crippen molar-refractivity contribution < 1.29 is 4.79 Å². The van der Waals surface area contributed by atoms with Crippen LogP contribution < -0.4 is 0 Å². The highest BCUT2D eigenvalue weighted by Crippen LogP contribution is 2.24. The van der Waals surface area contributed by atoms with Gasteiger partial charge in [0, 0.05) is 20.1 Å². The first-order valence-corrected chi connectivity index (χ1v) is 6.75. The molecule has 0 radical (unpaired) electrons. The summed E-state index contributed by atoms with van der Waals surface area (Å²) in [6.07, 6.45) is 2.88. The molecule has 2 rings (SSSR count). The van der Waals surface area contributed by atoms with E-state index < -0.39 is 0 Å². The Kier molecular flexibility index (Phi) is 3.56. The van der Waals surface area contributed by atoms with Crippen LogP contribution in [0.15, 0.2) is 10.7 Å². The van der Waals surface area contributed by atoms with E-state index in [1.165, 1.54) is 6.42 Å². The molecule has 0 unspecified atom stereocenters. The van der Waals surface area contributed by atoms with Gasteiger partial charge in [0.15, 0.2) is 0 Å². The van der Waals surface area contributed by atoms with Gasteiger partial charge in [-0.1, -0.05) is 13.8 Å². The third-order valence-electron chi connectivity index (χ3n) is 3.25. The number of hydrogen-bond donors (Lipinski definition) is 0. The van der Waals surface area contributed by atoms with Crippen LogP contribution in [0.1, 0.15) is 30.8 Å². The molecule has 4 nitrogen and oxygen atoms in total. The van der Waals surface area contributed by atoms with E-state index in [0.717, 1.165) is 17.6 Å². The van der Waals surface area contributed by atoms with Crippen molar-refractivity contribution in [3.63, 3.8) is 0 Å². The summed E-state index contributed by atoms with van der Waals surface area (Å²) in [5.74, 6) is 1.24. The number of piperidine rings is 1. The van der Waals surface area contributed by atoms with Gasteiger partial charge in [-0.25, -0.2) is 0 Å². The van der Waals surface area contributed by atoms with Gasteiger partial charge >= 0.3 is 0 Å². The Morgan fingerprint density at radius 3 is 2.47 bits per heavy atom. The van der Waals surface area contributed by atoms with Crippen molar-refractivity contribution >= 4 is 21.8 Å². The summed E-state index contributed by atoms with van der Waals surface area (Å²) in [5.41, 5.74) is 0.645. The fraction of sp³-hybridized carbons (Fsp3) is 0.667. The van der Waals surface area contributed by atoms with Crippen molar-refractivity contribution in [1.29, 1.82) is 0 Å². The quantitative estimate of drug-likeness (QED) is 0.798. The minimum absolute atomic E-state index is 0.0790. The highest BCUT2D eigenvalue weighted by atomic mass is 79.9. The lowest BCUT2D eigenvalue weighted by Crippen LogP contribution is -2.43. The Balaban J connectivity index is 2.20. The summed E-state index contributed by atoms with van der Waals surface area (Å²) >= 11 is 3.38. The molecule has 1 fully saturated rings. The predicted molar refractivity (Wildman–Crippen MR) is 69.8 cm³/mol. The molecule has 2 atom stereocenters. The van der Waals surface area contributed by atoms with Crippen molar-refractivity contribution in [3.8, 4) is 0 Å². The predicted octanol–water partition coefficient (Wildman–Crippen LogP) is 2.30. The first-order valence-electron chi connectivity index (χ1n) is 5.95. The molecule has 0 saturated carbocycles. The number of hydrogen-bond acceptors (Lipinski definition) is 2. The molecule has 1 aliphatic heterocycles. The summed E-state index contributed by atoms with van der Waals surface area (Å²) in [7, 11) is 1.80. The molecule has 5 heteroatoms. The van der Waals surface area contributed by atoms with Crippen LogP contribution in [0.2, 0.25) is 0 Å². The van der Waals surface area contributed by atoms with E-state index in [0.29, 0.717) is 17.5 Å². The van der Waals surface area contributed by atoms with Crippen molar-refractivity contribution in [3.05, 3.63) is 16.4 Å². The molecule has 1 saturated heterocycles. The second-order valence-corrected chi connectivity index (χ2v) is 5.98. The zero-order valence-corrected chi connectivity index (χ0v) is 12.1. The van der Waals surface area contributed by atoms with Crippen LogP contribution in [0, 0.1) is 11.8 Å². The number of aryl methyl sites for hydroxylation is 1. The van der Waals surface area contributed by atoms with Gasteiger partial charge < -0.3 is 4.90 Å². The van der Waals surface area contributed by atoms with Gasteiger partial charge in [-0.2, -0.15) is 5.10 Å². The Bertz CT molecular complexity index is 400. The molecule has 2 heterocycles. The highest BCUT2D eigenvalue weighted by molar-refractivity contribution is 9.10. The SMILES string of the molecule is C[C@H]1C[C@H](C)CN(C(=O)c2c(Br)cnn2C)C1. The van der Waals surface area contributed by atoms with E-state index in [2.05, 4.69) is 34.9 Å². The molecule has 0 spiro atoms. The number of rotatable bonds is 1. The molecule has 0 N–H and O–H groups in total. The molecule has 17 heavy (non-hydrogen) atoms. The second-order valence-electron chi connectivity index (χ2n) is 5.12. The minimum Gasteiger partial charge on any atom is -0.337 e. The lowest BCUT2D eigenvalue weighted by atomic mass is 9.92. The topological polar surface area (TPSA) is 38.1 Å². The summed E-state index contributed by atoms with van der Waals surface area (Å²) in [4.78, 5) is 14.4. The van der Waals surface area contributed by atoms with Crippen molar-refractivity contribution in [2.24, 2.45) is 18.9 Å². The lowest BCUT2D eigenvalue weighted by Gasteiger charge is -2.35. The standard InChI is InChI=1S/C12H18BrN3O/c1-8-4-9(2)7-16(6-8)12(17)11-10(13)5-14-15(11)3/h5,8-9H,4,6-7H2,1-3H3/t8-,9-/m0/s1. The third kappa shape index (κ3) is 2.54. The average Bonchev–Trinajstić information content (AvgIpc) is 2.56. The maximum Gasteiger partial charge on any atom is 0.273 e. The van der Waals surface area contributed by atoms with Crippen molar-refractivity contribution in [2.45, 2.75) is 20.3 Å². The third-order valence-corrected chi connectivity index (χ3v) is 3.83. The van der Waals surface area contributed by atoms with Gasteiger partial charge in [-0.15, -0.1) is 0 Å². The summed E-state index contributed by atoms with van der Waals surface area (Å²) in [6, 6.07) is 0. The maximum atomic E-state index is 12.4. The fourth-order valence-corrected chi connectivity index (χ4v) is 3.15. The molecule has 0 aromatic carbocycles. The van der Waals surface area contributed by atoms with E-state index >= 15 is 0 Å². The Morgan fingerprint density at radius 2 is 2.00 bits per heavy atom.